The first-order chi connectivity index (χ1) is 22.0. The number of methoxy groups -OCH3 is 1. The molecule has 14 heteroatoms. The van der Waals surface area contributed by atoms with Gasteiger partial charge in [-0.05, 0) is 55.3 Å². The zero-order chi connectivity index (χ0) is 33.2. The van der Waals surface area contributed by atoms with Gasteiger partial charge in [0, 0.05) is 39.0 Å². The van der Waals surface area contributed by atoms with E-state index in [2.05, 4.69) is 15.6 Å². The molecule has 242 valence electrons. The van der Waals surface area contributed by atoms with Gasteiger partial charge in [0.1, 0.15) is 47.3 Å². The van der Waals surface area contributed by atoms with Gasteiger partial charge in [0.2, 0.25) is 17.7 Å². The zero-order valence-electron chi connectivity index (χ0n) is 25.4. The minimum absolute atomic E-state index is 0.00303. The van der Waals surface area contributed by atoms with Gasteiger partial charge in [-0.2, -0.15) is 0 Å². The van der Waals surface area contributed by atoms with Crippen molar-refractivity contribution in [2.24, 2.45) is 0 Å². The van der Waals surface area contributed by atoms with E-state index in [1.807, 2.05) is 0 Å². The van der Waals surface area contributed by atoms with Crippen LogP contribution in [-0.4, -0.2) is 66.0 Å². The molecule has 0 aliphatic rings. The molecule has 11 nitrogen and oxygen atoms in total. The Morgan fingerprint density at radius 2 is 1.93 bits per heavy atom. The van der Waals surface area contributed by atoms with E-state index in [-0.39, 0.29) is 43.3 Å². The summed E-state index contributed by atoms with van der Waals surface area (Å²) in [7, 11) is 4.58. The fourth-order valence-electron chi connectivity index (χ4n) is 4.30. The number of thiazole rings is 1. The number of fused-ring (bicyclic) bond motifs is 1. The molecule has 46 heavy (non-hydrogen) atoms. The topological polar surface area (TPSA) is 132 Å². The van der Waals surface area contributed by atoms with Crippen molar-refractivity contribution in [3.05, 3.63) is 99.4 Å². The van der Waals surface area contributed by atoms with Gasteiger partial charge in [0.25, 0.3) is 5.56 Å². The number of carbonyl (C=O) groups is 3. The number of ether oxygens (including phenoxy) is 2. The minimum Gasteiger partial charge on any atom is -0.487 e. The van der Waals surface area contributed by atoms with E-state index in [0.29, 0.717) is 27.4 Å². The standard InChI is InChI=1S/C32H33F2N5O6S/c1-38(2)29(41)12-5-4-8-24(35-27(40)19-44-3)31(42)37-25-10-7-15-39(32(25)43)17-28-36-23-9-6-11-26(30(23)46-28)45-18-20-13-14-21(33)16-22(20)34/h5-7,9-16,24H,4,8,17-19H2,1-3H3,(H,35,40)(H,37,42)/b12-5+/t24-/m0/s1. The van der Waals surface area contributed by atoms with E-state index in [9.17, 15) is 28.0 Å². The fourth-order valence-corrected chi connectivity index (χ4v) is 5.33. The van der Waals surface area contributed by atoms with Crippen molar-refractivity contribution < 1.29 is 32.6 Å². The largest absolute Gasteiger partial charge is 0.487 e. The molecule has 0 saturated carbocycles. The van der Waals surface area contributed by atoms with Crippen LogP contribution in [0.1, 0.15) is 23.4 Å². The predicted molar refractivity (Wildman–Crippen MR) is 170 cm³/mol. The molecular weight excluding hydrogens is 620 g/mol. The van der Waals surface area contributed by atoms with Crippen LogP contribution in [0.15, 0.2) is 71.7 Å². The fraction of sp³-hybridized carbons (Fsp3) is 0.281. The van der Waals surface area contributed by atoms with Gasteiger partial charge in [0.05, 0.1) is 16.8 Å². The van der Waals surface area contributed by atoms with E-state index in [4.69, 9.17) is 9.47 Å². The first kappa shape index (κ1) is 33.9. The van der Waals surface area contributed by atoms with Crippen LogP contribution in [0.5, 0.6) is 5.75 Å². The van der Waals surface area contributed by atoms with E-state index in [1.165, 1.54) is 46.1 Å². The normalized spacial score (nSPS) is 11.8. The summed E-state index contributed by atoms with van der Waals surface area (Å²) in [6, 6.07) is 10.6. The third-order valence-corrected chi connectivity index (χ3v) is 7.73. The number of hydrogen-bond donors (Lipinski definition) is 2. The molecule has 2 aromatic carbocycles. The Morgan fingerprint density at radius 1 is 1.13 bits per heavy atom. The lowest BCUT2D eigenvalue weighted by molar-refractivity contribution is -0.129. The second-order valence-corrected chi connectivity index (χ2v) is 11.4. The second-order valence-electron chi connectivity index (χ2n) is 10.3. The number of carbonyl (C=O) groups excluding carboxylic acids is 3. The highest BCUT2D eigenvalue weighted by molar-refractivity contribution is 7.19. The van der Waals surface area contributed by atoms with Gasteiger partial charge < -0.3 is 29.6 Å². The Hall–Kier alpha value is -4.95. The van der Waals surface area contributed by atoms with Crippen LogP contribution < -0.4 is 20.9 Å². The van der Waals surface area contributed by atoms with Crippen LogP contribution in [0, 0.1) is 11.6 Å². The van der Waals surface area contributed by atoms with E-state index < -0.39 is 35.0 Å². The first-order valence-electron chi connectivity index (χ1n) is 14.2. The van der Waals surface area contributed by atoms with Crippen LogP contribution in [0.3, 0.4) is 0 Å². The average molecular weight is 654 g/mol. The van der Waals surface area contributed by atoms with Crippen molar-refractivity contribution in [2.45, 2.75) is 32.0 Å². The van der Waals surface area contributed by atoms with Crippen molar-refractivity contribution in [3.63, 3.8) is 0 Å². The zero-order valence-corrected chi connectivity index (χ0v) is 26.2. The Balaban J connectivity index is 1.47. The number of nitrogens with zero attached hydrogens (tertiary/aromatic N) is 3. The number of rotatable bonds is 14. The number of hydrogen-bond acceptors (Lipinski definition) is 8. The molecule has 0 aliphatic heterocycles. The monoisotopic (exact) mass is 653 g/mol. The van der Waals surface area contributed by atoms with Gasteiger partial charge in [-0.25, -0.2) is 13.8 Å². The van der Waals surface area contributed by atoms with E-state index in [0.717, 1.165) is 12.1 Å². The molecule has 0 bridgehead atoms. The summed E-state index contributed by atoms with van der Waals surface area (Å²) >= 11 is 1.29. The second kappa shape index (κ2) is 15.9. The lowest BCUT2D eigenvalue weighted by Gasteiger charge is -2.18. The van der Waals surface area contributed by atoms with Crippen molar-refractivity contribution >= 4 is 45.0 Å². The van der Waals surface area contributed by atoms with E-state index >= 15 is 0 Å². The SMILES string of the molecule is COCC(=O)N[C@@H](CC/C=C/C(=O)N(C)C)C(=O)Nc1cccn(Cc2nc3cccc(OCc4ccc(F)cc4F)c3s2)c1=O. The van der Waals surface area contributed by atoms with E-state index in [1.54, 1.807) is 50.6 Å². The smallest absolute Gasteiger partial charge is 0.274 e. The summed E-state index contributed by atoms with van der Waals surface area (Å²) in [5.74, 6) is -2.26. The molecule has 1 atom stereocenters. The summed E-state index contributed by atoms with van der Waals surface area (Å²) < 4.78 is 40.1. The highest BCUT2D eigenvalue weighted by Gasteiger charge is 2.22. The maximum atomic E-state index is 14.1. The van der Waals surface area contributed by atoms with Gasteiger partial charge in [0.15, 0.2) is 0 Å². The molecule has 0 saturated heterocycles. The summed E-state index contributed by atoms with van der Waals surface area (Å²) in [6.07, 6.45) is 5.03. The lowest BCUT2D eigenvalue weighted by Crippen LogP contribution is -2.45. The predicted octanol–water partition coefficient (Wildman–Crippen LogP) is 3.86. The number of amides is 3. The number of benzene rings is 2. The minimum atomic E-state index is -0.999. The highest BCUT2D eigenvalue weighted by atomic mass is 32.1. The molecular formula is C32H33F2N5O6S. The third-order valence-electron chi connectivity index (χ3n) is 6.66. The molecule has 2 aromatic heterocycles. The van der Waals surface area contributed by atoms with Crippen molar-refractivity contribution in [3.8, 4) is 5.75 Å². The number of nitrogens with one attached hydrogen (secondary N) is 2. The summed E-state index contributed by atoms with van der Waals surface area (Å²) in [4.78, 5) is 56.5. The van der Waals surface area contributed by atoms with Crippen LogP contribution in [0.25, 0.3) is 10.2 Å². The summed E-state index contributed by atoms with van der Waals surface area (Å²) in [5, 5.41) is 5.78. The Kier molecular flexibility index (Phi) is 11.7. The number of pyridine rings is 1. The number of likely N-dealkylation sites (N-methyl/N-ethyl adjacent to an activating group) is 1. The quantitative estimate of drug-likeness (QED) is 0.198. The molecule has 2 heterocycles. The van der Waals surface area contributed by atoms with Gasteiger partial charge >= 0.3 is 0 Å². The third kappa shape index (κ3) is 9.05. The van der Waals surface area contributed by atoms with Crippen molar-refractivity contribution in [2.75, 3.05) is 33.1 Å². The number of aromatic nitrogens is 2. The maximum absolute atomic E-state index is 14.1. The van der Waals surface area contributed by atoms with Crippen LogP contribution >= 0.6 is 11.3 Å². The number of allylic oxidation sites excluding steroid dienone is 1. The summed E-state index contributed by atoms with van der Waals surface area (Å²) in [5.41, 5.74) is 0.329. The van der Waals surface area contributed by atoms with Crippen molar-refractivity contribution in [1.82, 2.24) is 19.8 Å². The van der Waals surface area contributed by atoms with Crippen LogP contribution in [-0.2, 0) is 32.3 Å². The lowest BCUT2D eigenvalue weighted by atomic mass is 10.1. The molecule has 0 aliphatic carbocycles. The molecule has 3 amide bonds. The molecule has 0 fully saturated rings. The van der Waals surface area contributed by atoms with Gasteiger partial charge in [-0.1, -0.05) is 12.1 Å². The molecule has 2 N–H and O–H groups in total. The van der Waals surface area contributed by atoms with Gasteiger partial charge in [-0.15, -0.1) is 11.3 Å². The molecule has 0 unspecified atom stereocenters. The molecule has 4 aromatic rings. The Morgan fingerprint density at radius 3 is 2.67 bits per heavy atom. The van der Waals surface area contributed by atoms with Crippen LogP contribution in [0.4, 0.5) is 14.5 Å². The van der Waals surface area contributed by atoms with Gasteiger partial charge in [-0.3, -0.25) is 19.2 Å². The van der Waals surface area contributed by atoms with Crippen LogP contribution in [0.2, 0.25) is 0 Å². The Bertz CT molecular complexity index is 1810. The first-order valence-corrected chi connectivity index (χ1v) is 15.0. The molecule has 4 rings (SSSR count). The molecule has 0 spiro atoms. The molecule has 0 radical (unpaired) electrons. The van der Waals surface area contributed by atoms with Crippen molar-refractivity contribution in [1.29, 1.82) is 0 Å². The highest BCUT2D eigenvalue weighted by Crippen LogP contribution is 2.32. The Labute approximate surface area is 267 Å². The summed E-state index contributed by atoms with van der Waals surface area (Å²) in [6.45, 7) is -0.279. The number of anilines is 1. The average Bonchev–Trinajstić information content (AvgIpc) is 3.43. The number of halogens is 2. The maximum Gasteiger partial charge on any atom is 0.274 e.